The Morgan fingerprint density at radius 2 is 2.00 bits per heavy atom. The van der Waals surface area contributed by atoms with Gasteiger partial charge in [0, 0.05) is 11.6 Å². The van der Waals surface area contributed by atoms with Gasteiger partial charge in [-0.2, -0.15) is 0 Å². The zero-order chi connectivity index (χ0) is 17.9. The molecule has 1 aromatic rings. The Labute approximate surface area is 141 Å². The lowest BCUT2D eigenvalue weighted by Crippen LogP contribution is -2.45. The van der Waals surface area contributed by atoms with Crippen molar-refractivity contribution in [2.24, 2.45) is 5.92 Å². The summed E-state index contributed by atoms with van der Waals surface area (Å²) in [5.41, 5.74) is 0.114. The molecule has 0 aliphatic heterocycles. The predicted octanol–water partition coefficient (Wildman–Crippen LogP) is 1.36. The van der Waals surface area contributed by atoms with Gasteiger partial charge in [0.2, 0.25) is 10.0 Å². The van der Waals surface area contributed by atoms with E-state index in [2.05, 4.69) is 10.0 Å². The van der Waals surface area contributed by atoms with E-state index in [1.54, 1.807) is 6.92 Å². The summed E-state index contributed by atoms with van der Waals surface area (Å²) >= 11 is 0. The van der Waals surface area contributed by atoms with Gasteiger partial charge < -0.3 is 10.4 Å². The molecular weight excluding hydrogens is 332 g/mol. The number of rotatable bonds is 8. The number of benzene rings is 1. The molecule has 1 aliphatic carbocycles. The lowest BCUT2D eigenvalue weighted by atomic mass is 9.99. The first-order valence-electron chi connectivity index (χ1n) is 7.90. The second kappa shape index (κ2) is 7.31. The minimum absolute atomic E-state index is 0.00235. The molecule has 1 aromatic carbocycles. The molecule has 0 aromatic heterocycles. The molecule has 1 amide bonds. The van der Waals surface area contributed by atoms with E-state index in [0.29, 0.717) is 6.42 Å². The Morgan fingerprint density at radius 3 is 2.54 bits per heavy atom. The summed E-state index contributed by atoms with van der Waals surface area (Å²) in [4.78, 5) is 23.6. The van der Waals surface area contributed by atoms with Crippen LogP contribution in [0.3, 0.4) is 0 Å². The number of nitrogens with one attached hydrogen (secondary N) is 2. The average molecular weight is 354 g/mol. The Hall–Kier alpha value is -1.93. The monoisotopic (exact) mass is 354 g/mol. The van der Waals surface area contributed by atoms with Crippen molar-refractivity contribution in [1.29, 1.82) is 0 Å². The third kappa shape index (κ3) is 4.55. The molecule has 0 saturated heterocycles. The van der Waals surface area contributed by atoms with Crippen LogP contribution >= 0.6 is 0 Å². The molecule has 8 heteroatoms. The van der Waals surface area contributed by atoms with Crippen molar-refractivity contribution in [3.63, 3.8) is 0 Å². The van der Waals surface area contributed by atoms with Gasteiger partial charge in [-0.15, -0.1) is 0 Å². The number of carbonyl (C=O) groups excluding carboxylic acids is 1. The van der Waals surface area contributed by atoms with Gasteiger partial charge in [0.1, 0.15) is 6.04 Å². The molecule has 7 nitrogen and oxygen atoms in total. The van der Waals surface area contributed by atoms with Crippen molar-refractivity contribution in [2.75, 3.05) is 0 Å². The maximum atomic E-state index is 12.3. The number of hydrogen-bond donors (Lipinski definition) is 3. The second-order valence-electron chi connectivity index (χ2n) is 6.10. The van der Waals surface area contributed by atoms with Gasteiger partial charge in [-0.3, -0.25) is 4.79 Å². The van der Waals surface area contributed by atoms with E-state index in [4.69, 9.17) is 0 Å². The first kappa shape index (κ1) is 18.4. The van der Waals surface area contributed by atoms with Gasteiger partial charge in [-0.25, -0.2) is 17.9 Å². The maximum Gasteiger partial charge on any atom is 0.326 e. The minimum Gasteiger partial charge on any atom is -0.480 e. The highest BCUT2D eigenvalue weighted by Gasteiger charge is 2.29. The summed E-state index contributed by atoms with van der Waals surface area (Å²) in [6.45, 7) is 3.57. The van der Waals surface area contributed by atoms with Crippen LogP contribution in [0.1, 0.15) is 43.5 Å². The number of carboxylic acid groups (broad SMARTS) is 1. The first-order valence-corrected chi connectivity index (χ1v) is 9.39. The Kier molecular flexibility index (Phi) is 5.61. The van der Waals surface area contributed by atoms with Crippen LogP contribution in [-0.2, 0) is 14.8 Å². The molecule has 0 heterocycles. The topological polar surface area (TPSA) is 113 Å². The summed E-state index contributed by atoms with van der Waals surface area (Å²) < 4.78 is 27.0. The van der Waals surface area contributed by atoms with E-state index in [1.165, 1.54) is 24.3 Å². The Morgan fingerprint density at radius 1 is 1.33 bits per heavy atom. The van der Waals surface area contributed by atoms with Crippen LogP contribution in [0, 0.1) is 5.92 Å². The number of hydrogen-bond acceptors (Lipinski definition) is 4. The van der Waals surface area contributed by atoms with Gasteiger partial charge in [-0.1, -0.05) is 26.3 Å². The number of sulfonamides is 1. The normalized spacial score (nSPS) is 17.1. The molecule has 1 fully saturated rings. The first-order chi connectivity index (χ1) is 11.2. The molecule has 24 heavy (non-hydrogen) atoms. The summed E-state index contributed by atoms with van der Waals surface area (Å²) in [5, 5.41) is 11.7. The highest BCUT2D eigenvalue weighted by atomic mass is 32.2. The van der Waals surface area contributed by atoms with Crippen LogP contribution in [0.4, 0.5) is 0 Å². The zero-order valence-electron chi connectivity index (χ0n) is 13.7. The number of carbonyl (C=O) groups is 2. The Bertz CT molecular complexity index is 728. The molecule has 0 radical (unpaired) electrons. The van der Waals surface area contributed by atoms with Crippen molar-refractivity contribution in [3.8, 4) is 0 Å². The summed E-state index contributed by atoms with van der Waals surface area (Å²) in [6, 6.07) is 4.54. The molecule has 0 spiro atoms. The van der Waals surface area contributed by atoms with Crippen LogP contribution in [0.15, 0.2) is 29.2 Å². The third-order valence-corrected chi connectivity index (χ3v) is 5.59. The zero-order valence-corrected chi connectivity index (χ0v) is 14.5. The van der Waals surface area contributed by atoms with Crippen molar-refractivity contribution >= 4 is 21.9 Å². The number of carboxylic acids is 1. The van der Waals surface area contributed by atoms with E-state index < -0.39 is 27.9 Å². The maximum absolute atomic E-state index is 12.3. The minimum atomic E-state index is -3.67. The molecule has 0 unspecified atom stereocenters. The van der Waals surface area contributed by atoms with Crippen molar-refractivity contribution in [2.45, 2.75) is 50.1 Å². The average Bonchev–Trinajstić information content (AvgIpc) is 3.34. The van der Waals surface area contributed by atoms with Crippen LogP contribution in [-0.4, -0.2) is 37.5 Å². The highest BCUT2D eigenvalue weighted by molar-refractivity contribution is 7.89. The molecule has 132 valence electrons. The lowest BCUT2D eigenvalue weighted by molar-refractivity contribution is -0.140. The van der Waals surface area contributed by atoms with Crippen molar-refractivity contribution in [3.05, 3.63) is 29.8 Å². The van der Waals surface area contributed by atoms with E-state index in [1.807, 2.05) is 6.92 Å². The van der Waals surface area contributed by atoms with E-state index in [0.717, 1.165) is 12.8 Å². The Balaban J connectivity index is 2.17. The van der Waals surface area contributed by atoms with Crippen LogP contribution < -0.4 is 10.0 Å². The van der Waals surface area contributed by atoms with Crippen LogP contribution in [0.25, 0.3) is 0 Å². The fraction of sp³-hybridized carbons (Fsp3) is 0.500. The summed E-state index contributed by atoms with van der Waals surface area (Å²) in [6.07, 6.45) is 2.22. The molecular formula is C16H22N2O5S. The van der Waals surface area contributed by atoms with Gasteiger partial charge in [-0.05, 0) is 37.0 Å². The molecule has 1 aliphatic rings. The van der Waals surface area contributed by atoms with Crippen LogP contribution in [0.5, 0.6) is 0 Å². The highest BCUT2D eigenvalue weighted by Crippen LogP contribution is 2.22. The second-order valence-corrected chi connectivity index (χ2v) is 7.81. The van der Waals surface area contributed by atoms with E-state index in [9.17, 15) is 23.1 Å². The molecule has 2 atom stereocenters. The quantitative estimate of drug-likeness (QED) is 0.652. The SMILES string of the molecule is CC[C@H](C)[C@H](NC(=O)c1cccc(S(=O)(=O)NC2CC2)c1)C(=O)O. The van der Waals surface area contributed by atoms with Crippen LogP contribution in [0.2, 0.25) is 0 Å². The predicted molar refractivity (Wildman–Crippen MR) is 88.1 cm³/mol. The van der Waals surface area contributed by atoms with Gasteiger partial charge >= 0.3 is 5.97 Å². The van der Waals surface area contributed by atoms with Gasteiger partial charge in [0.25, 0.3) is 5.91 Å². The number of aliphatic carboxylic acids is 1. The third-order valence-electron chi connectivity index (χ3n) is 4.07. The fourth-order valence-corrected chi connectivity index (χ4v) is 3.55. The standard InChI is InChI=1S/C16H22N2O5S/c1-3-10(2)14(16(20)21)17-15(19)11-5-4-6-13(9-11)24(22,23)18-12-7-8-12/h4-6,9-10,12,14,18H,3,7-8H2,1-2H3,(H,17,19)(H,20,21)/t10-,14-/m0/s1. The molecule has 3 N–H and O–H groups in total. The number of amides is 1. The molecule has 1 saturated carbocycles. The van der Waals surface area contributed by atoms with Crippen molar-refractivity contribution in [1.82, 2.24) is 10.0 Å². The van der Waals surface area contributed by atoms with E-state index in [-0.39, 0.29) is 22.4 Å². The molecule has 2 rings (SSSR count). The largest absolute Gasteiger partial charge is 0.480 e. The summed E-state index contributed by atoms with van der Waals surface area (Å²) in [7, 11) is -3.67. The van der Waals surface area contributed by atoms with Gasteiger partial charge in [0.15, 0.2) is 0 Å². The smallest absolute Gasteiger partial charge is 0.326 e. The van der Waals surface area contributed by atoms with Gasteiger partial charge in [0.05, 0.1) is 4.90 Å². The lowest BCUT2D eigenvalue weighted by Gasteiger charge is -2.20. The summed E-state index contributed by atoms with van der Waals surface area (Å²) in [5.74, 6) is -1.96. The van der Waals surface area contributed by atoms with E-state index >= 15 is 0 Å². The molecule has 0 bridgehead atoms. The van der Waals surface area contributed by atoms with Crippen molar-refractivity contribution < 1.29 is 23.1 Å². The fourth-order valence-electron chi connectivity index (χ4n) is 2.20.